The largest absolute Gasteiger partial charge is 0.497 e. The van der Waals surface area contributed by atoms with Crippen LogP contribution in [-0.4, -0.2) is 42.9 Å². The molecule has 0 aliphatic rings. The van der Waals surface area contributed by atoms with E-state index >= 15 is 0 Å². The van der Waals surface area contributed by atoms with Gasteiger partial charge in [0.1, 0.15) is 5.75 Å². The Morgan fingerprint density at radius 1 is 1.30 bits per heavy atom. The lowest BCUT2D eigenvalue weighted by atomic mass is 10.2. The van der Waals surface area contributed by atoms with Gasteiger partial charge in [0.25, 0.3) is 0 Å². The average molecular weight is 319 g/mol. The Balaban J connectivity index is 1.88. The molecule has 0 unspecified atom stereocenters. The molecule has 0 radical (unpaired) electrons. The molecule has 0 fully saturated rings. The number of hydrogen-bond donors (Lipinski definition) is 1. The van der Waals surface area contributed by atoms with Crippen LogP contribution < -0.4 is 10.1 Å². The number of aryl methyl sites for hydroxylation is 1. The lowest BCUT2D eigenvalue weighted by molar-refractivity contribution is -0.122. The summed E-state index contributed by atoms with van der Waals surface area (Å²) in [5.74, 6) is 1.62. The summed E-state index contributed by atoms with van der Waals surface area (Å²) in [5.41, 5.74) is 0.832. The van der Waals surface area contributed by atoms with E-state index in [4.69, 9.17) is 14.0 Å². The number of benzene rings is 1. The van der Waals surface area contributed by atoms with Crippen molar-refractivity contribution in [2.24, 2.45) is 0 Å². The van der Waals surface area contributed by atoms with Crippen molar-refractivity contribution in [1.82, 2.24) is 15.5 Å². The quantitative estimate of drug-likeness (QED) is 0.799. The topological polar surface area (TPSA) is 86.5 Å². The number of aromatic nitrogens is 2. The van der Waals surface area contributed by atoms with Crippen LogP contribution in [0, 0.1) is 0 Å². The smallest absolute Gasteiger partial charge is 0.227 e. The van der Waals surface area contributed by atoms with Gasteiger partial charge in [-0.05, 0) is 31.2 Å². The van der Waals surface area contributed by atoms with E-state index in [1.165, 1.54) is 0 Å². The Morgan fingerprint density at radius 2 is 2.04 bits per heavy atom. The van der Waals surface area contributed by atoms with Crippen molar-refractivity contribution in [2.75, 3.05) is 20.8 Å². The fourth-order valence-corrected chi connectivity index (χ4v) is 2.07. The molecule has 1 amide bonds. The number of nitrogens with one attached hydrogen (secondary N) is 1. The lowest BCUT2D eigenvalue weighted by Gasteiger charge is -2.11. The van der Waals surface area contributed by atoms with Gasteiger partial charge >= 0.3 is 0 Å². The standard InChI is InChI=1S/C16H21N3O4/c1-11(10-21-2)17-14(20)8-9-15-18-16(19-23-15)12-4-6-13(22-3)7-5-12/h4-7,11H,8-10H2,1-3H3,(H,17,20)/t11-/m0/s1. The minimum absolute atomic E-state index is 0.0231. The average Bonchev–Trinajstić information content (AvgIpc) is 3.02. The van der Waals surface area contributed by atoms with Crippen molar-refractivity contribution < 1.29 is 18.8 Å². The first-order valence-corrected chi connectivity index (χ1v) is 7.37. The van der Waals surface area contributed by atoms with Crippen LogP contribution in [0.15, 0.2) is 28.8 Å². The van der Waals surface area contributed by atoms with Crippen LogP contribution in [0.3, 0.4) is 0 Å². The van der Waals surface area contributed by atoms with Crippen LogP contribution in [0.5, 0.6) is 5.75 Å². The van der Waals surface area contributed by atoms with E-state index in [1.807, 2.05) is 31.2 Å². The maximum Gasteiger partial charge on any atom is 0.227 e. The highest BCUT2D eigenvalue weighted by Crippen LogP contribution is 2.19. The van der Waals surface area contributed by atoms with E-state index in [9.17, 15) is 4.79 Å². The van der Waals surface area contributed by atoms with Crippen LogP contribution >= 0.6 is 0 Å². The van der Waals surface area contributed by atoms with Crippen LogP contribution in [0.25, 0.3) is 11.4 Å². The van der Waals surface area contributed by atoms with Gasteiger partial charge in [-0.25, -0.2) is 0 Å². The van der Waals surface area contributed by atoms with E-state index in [2.05, 4.69) is 15.5 Å². The molecule has 0 spiro atoms. The molecule has 2 aromatic rings. The third-order valence-electron chi connectivity index (χ3n) is 3.21. The highest BCUT2D eigenvalue weighted by molar-refractivity contribution is 5.76. The third-order valence-corrected chi connectivity index (χ3v) is 3.21. The van der Waals surface area contributed by atoms with Crippen molar-refractivity contribution in [3.8, 4) is 17.1 Å². The molecule has 1 heterocycles. The lowest BCUT2D eigenvalue weighted by Crippen LogP contribution is -2.35. The van der Waals surface area contributed by atoms with Crippen molar-refractivity contribution in [3.63, 3.8) is 0 Å². The van der Waals surface area contributed by atoms with Crippen LogP contribution in [0.2, 0.25) is 0 Å². The van der Waals surface area contributed by atoms with Gasteiger partial charge in [0.15, 0.2) is 0 Å². The van der Waals surface area contributed by atoms with Gasteiger partial charge in [-0.3, -0.25) is 4.79 Å². The summed E-state index contributed by atoms with van der Waals surface area (Å²) in [6.07, 6.45) is 0.687. The number of nitrogens with zero attached hydrogens (tertiary/aromatic N) is 2. The molecule has 0 saturated carbocycles. The summed E-state index contributed by atoms with van der Waals surface area (Å²) >= 11 is 0. The van der Waals surface area contributed by atoms with E-state index in [0.717, 1.165) is 11.3 Å². The first-order valence-electron chi connectivity index (χ1n) is 7.37. The van der Waals surface area contributed by atoms with Gasteiger partial charge < -0.3 is 19.3 Å². The zero-order valence-corrected chi connectivity index (χ0v) is 13.5. The number of amides is 1. The Kier molecular flexibility index (Phi) is 6.10. The zero-order valence-electron chi connectivity index (χ0n) is 13.5. The molecule has 2 rings (SSSR count). The number of rotatable bonds is 8. The maximum absolute atomic E-state index is 11.8. The normalized spacial score (nSPS) is 12.0. The van der Waals surface area contributed by atoms with Crippen LogP contribution in [-0.2, 0) is 16.0 Å². The summed E-state index contributed by atoms with van der Waals surface area (Å²) in [7, 11) is 3.21. The van der Waals surface area contributed by atoms with Gasteiger partial charge in [-0.15, -0.1) is 0 Å². The monoisotopic (exact) mass is 319 g/mol. The molecule has 124 valence electrons. The highest BCUT2D eigenvalue weighted by atomic mass is 16.5. The predicted molar refractivity (Wildman–Crippen MR) is 84.1 cm³/mol. The summed E-state index contributed by atoms with van der Waals surface area (Å²) in [4.78, 5) is 16.1. The molecule has 1 atom stereocenters. The maximum atomic E-state index is 11.8. The molecule has 7 heteroatoms. The van der Waals surface area contributed by atoms with Crippen LogP contribution in [0.1, 0.15) is 19.2 Å². The second-order valence-electron chi connectivity index (χ2n) is 5.16. The second kappa shape index (κ2) is 8.28. The molecule has 0 aliphatic heterocycles. The third kappa shape index (κ3) is 5.07. The highest BCUT2D eigenvalue weighted by Gasteiger charge is 2.12. The summed E-state index contributed by atoms with van der Waals surface area (Å²) < 4.78 is 15.3. The van der Waals surface area contributed by atoms with Gasteiger partial charge in [-0.1, -0.05) is 5.16 Å². The molecule has 1 N–H and O–H groups in total. The second-order valence-corrected chi connectivity index (χ2v) is 5.16. The van der Waals surface area contributed by atoms with Crippen LogP contribution in [0.4, 0.5) is 0 Å². The van der Waals surface area contributed by atoms with E-state index in [0.29, 0.717) is 24.7 Å². The molecule has 0 saturated heterocycles. The predicted octanol–water partition coefficient (Wildman–Crippen LogP) is 1.83. The Hall–Kier alpha value is -2.41. The SMILES string of the molecule is COC[C@H](C)NC(=O)CCc1nc(-c2ccc(OC)cc2)no1. The molecular weight excluding hydrogens is 298 g/mol. The van der Waals surface area contributed by atoms with E-state index in [1.54, 1.807) is 14.2 Å². The molecule has 7 nitrogen and oxygen atoms in total. The van der Waals surface area contributed by atoms with Crippen molar-refractivity contribution >= 4 is 5.91 Å². The Labute approximate surface area is 135 Å². The zero-order chi connectivity index (χ0) is 16.7. The molecule has 1 aromatic carbocycles. The van der Waals surface area contributed by atoms with Crippen molar-refractivity contribution in [3.05, 3.63) is 30.2 Å². The minimum atomic E-state index is -0.0706. The van der Waals surface area contributed by atoms with Crippen molar-refractivity contribution in [2.45, 2.75) is 25.8 Å². The molecule has 0 aliphatic carbocycles. The number of carbonyl (C=O) groups excluding carboxylic acids is 1. The van der Waals surface area contributed by atoms with Gasteiger partial charge in [0, 0.05) is 31.6 Å². The molecule has 23 heavy (non-hydrogen) atoms. The minimum Gasteiger partial charge on any atom is -0.497 e. The van der Waals surface area contributed by atoms with E-state index in [-0.39, 0.29) is 18.4 Å². The summed E-state index contributed by atoms with van der Waals surface area (Å²) in [5, 5.41) is 6.77. The van der Waals surface area contributed by atoms with Gasteiger partial charge in [0.05, 0.1) is 13.7 Å². The summed E-state index contributed by atoms with van der Waals surface area (Å²) in [6.45, 7) is 2.36. The fourth-order valence-electron chi connectivity index (χ4n) is 2.07. The molecular formula is C16H21N3O4. The summed E-state index contributed by atoms with van der Waals surface area (Å²) in [6, 6.07) is 7.34. The Morgan fingerprint density at radius 3 is 2.70 bits per heavy atom. The first kappa shape index (κ1) is 17.0. The number of methoxy groups -OCH3 is 2. The van der Waals surface area contributed by atoms with Gasteiger partial charge in [-0.2, -0.15) is 4.98 Å². The number of carbonyl (C=O) groups is 1. The number of hydrogen-bond acceptors (Lipinski definition) is 6. The van der Waals surface area contributed by atoms with Crippen molar-refractivity contribution in [1.29, 1.82) is 0 Å². The van der Waals surface area contributed by atoms with Gasteiger partial charge in [0.2, 0.25) is 17.6 Å². The Bertz CT molecular complexity index is 625. The molecule has 1 aromatic heterocycles. The number of ether oxygens (including phenoxy) is 2. The van der Waals surface area contributed by atoms with E-state index < -0.39 is 0 Å². The fraction of sp³-hybridized carbons (Fsp3) is 0.438. The molecule has 0 bridgehead atoms. The first-order chi connectivity index (χ1) is 11.1.